The zero-order valence-electron chi connectivity index (χ0n) is 14.4. The van der Waals surface area contributed by atoms with E-state index < -0.39 is 11.0 Å². The molecule has 3 nitrogen and oxygen atoms in total. The van der Waals surface area contributed by atoms with Crippen molar-refractivity contribution in [3.05, 3.63) is 22.8 Å². The van der Waals surface area contributed by atoms with Gasteiger partial charge in [0.1, 0.15) is 0 Å². The third kappa shape index (κ3) is 3.69. The van der Waals surface area contributed by atoms with E-state index in [2.05, 4.69) is 18.8 Å². The van der Waals surface area contributed by atoms with Crippen LogP contribution in [-0.2, 0) is 4.79 Å². The van der Waals surface area contributed by atoms with E-state index in [4.69, 9.17) is 5.11 Å². The van der Waals surface area contributed by atoms with Gasteiger partial charge in [0.05, 0.1) is 6.61 Å². The molecule has 0 saturated heterocycles. The third-order valence-electron chi connectivity index (χ3n) is 4.53. The normalized spacial score (nSPS) is 25.0. The summed E-state index contributed by atoms with van der Waals surface area (Å²) in [4.78, 5) is 12.4. The van der Waals surface area contributed by atoms with Crippen LogP contribution < -0.4 is 0 Å². The minimum absolute atomic E-state index is 0.0720. The van der Waals surface area contributed by atoms with Gasteiger partial charge in [-0.1, -0.05) is 39.0 Å². The van der Waals surface area contributed by atoms with Gasteiger partial charge in [-0.05, 0) is 49.5 Å². The quantitative estimate of drug-likeness (QED) is 0.784. The third-order valence-corrected chi connectivity index (χ3v) is 4.53. The molecule has 0 fully saturated rings. The fourth-order valence-corrected chi connectivity index (χ4v) is 2.89. The van der Waals surface area contributed by atoms with Crippen molar-refractivity contribution in [2.24, 2.45) is 5.41 Å². The Hall–Kier alpha value is -1.37. The maximum atomic E-state index is 12.4. The van der Waals surface area contributed by atoms with E-state index in [1.54, 1.807) is 13.0 Å². The van der Waals surface area contributed by atoms with Crippen molar-refractivity contribution < 1.29 is 15.0 Å². The number of aliphatic hydroxyl groups is 2. The topological polar surface area (TPSA) is 57.5 Å². The van der Waals surface area contributed by atoms with Gasteiger partial charge in [0.15, 0.2) is 11.4 Å². The molecule has 0 aromatic carbocycles. The minimum atomic E-state index is -1.31. The molecule has 0 aliphatic heterocycles. The number of carbonyl (C=O) groups is 1. The molecule has 122 valence electrons. The molecule has 0 spiro atoms. The zero-order chi connectivity index (χ0) is 17.0. The summed E-state index contributed by atoms with van der Waals surface area (Å²) in [5.41, 5.74) is 0.199. The van der Waals surface area contributed by atoms with Crippen molar-refractivity contribution >= 4 is 5.78 Å². The van der Waals surface area contributed by atoms with Crippen LogP contribution in [0.1, 0.15) is 60.3 Å². The van der Waals surface area contributed by atoms with Crippen LogP contribution in [-0.4, -0.2) is 28.2 Å². The monoisotopic (exact) mass is 304 g/mol. The first-order valence-electron chi connectivity index (χ1n) is 7.96. The minimum Gasteiger partial charge on any atom is -0.392 e. The van der Waals surface area contributed by atoms with Crippen LogP contribution in [0.5, 0.6) is 0 Å². The molecule has 1 aliphatic carbocycles. The summed E-state index contributed by atoms with van der Waals surface area (Å²) in [7, 11) is 0. The number of Topliss-reactive ketones (excluding diaryl/α,β-unsaturated/α-hetero) is 1. The molecule has 0 radical (unpaired) electrons. The molecule has 2 N–H and O–H groups in total. The zero-order valence-corrected chi connectivity index (χ0v) is 14.4. The van der Waals surface area contributed by atoms with Crippen LogP contribution in [0.3, 0.4) is 0 Å². The van der Waals surface area contributed by atoms with Crippen molar-refractivity contribution in [1.82, 2.24) is 0 Å². The fourth-order valence-electron chi connectivity index (χ4n) is 2.89. The Morgan fingerprint density at radius 3 is 2.59 bits per heavy atom. The molecule has 1 unspecified atom stereocenters. The van der Waals surface area contributed by atoms with E-state index in [0.717, 1.165) is 18.4 Å². The van der Waals surface area contributed by atoms with Gasteiger partial charge in [-0.25, -0.2) is 0 Å². The van der Waals surface area contributed by atoms with E-state index in [9.17, 15) is 9.90 Å². The SMILES string of the molecule is CCCCC1=C(C)C(O)(C#C/C(C)=C\CO)C(C)(C)CC1=O. The lowest BCUT2D eigenvalue weighted by Crippen LogP contribution is -2.50. The van der Waals surface area contributed by atoms with Crippen LogP contribution in [0.15, 0.2) is 22.8 Å². The lowest BCUT2D eigenvalue weighted by molar-refractivity contribution is -0.122. The van der Waals surface area contributed by atoms with E-state index in [1.165, 1.54) is 0 Å². The molecule has 22 heavy (non-hydrogen) atoms. The van der Waals surface area contributed by atoms with Crippen LogP contribution in [0, 0.1) is 17.3 Å². The van der Waals surface area contributed by atoms with Crippen molar-refractivity contribution in [3.8, 4) is 11.8 Å². The smallest absolute Gasteiger partial charge is 0.159 e. The molecule has 0 saturated carbocycles. The lowest BCUT2D eigenvalue weighted by Gasteiger charge is -2.44. The summed E-state index contributed by atoms with van der Waals surface area (Å²) in [5, 5.41) is 20.1. The first kappa shape index (κ1) is 18.7. The Balaban J connectivity index is 3.35. The summed E-state index contributed by atoms with van der Waals surface area (Å²) >= 11 is 0. The van der Waals surface area contributed by atoms with E-state index >= 15 is 0 Å². The second kappa shape index (κ2) is 7.26. The number of ketones is 1. The van der Waals surface area contributed by atoms with Gasteiger partial charge in [-0.2, -0.15) is 0 Å². The highest BCUT2D eigenvalue weighted by molar-refractivity contribution is 5.98. The highest BCUT2D eigenvalue weighted by Crippen LogP contribution is 2.46. The second-order valence-corrected chi connectivity index (χ2v) is 6.72. The number of allylic oxidation sites excluding steroid dienone is 2. The van der Waals surface area contributed by atoms with Crippen LogP contribution in [0.25, 0.3) is 0 Å². The Morgan fingerprint density at radius 2 is 2.05 bits per heavy atom. The first-order valence-corrected chi connectivity index (χ1v) is 7.96. The first-order chi connectivity index (χ1) is 10.2. The van der Waals surface area contributed by atoms with Crippen molar-refractivity contribution in [3.63, 3.8) is 0 Å². The summed E-state index contributed by atoms with van der Waals surface area (Å²) in [6.45, 7) is 9.39. The molecule has 0 heterocycles. The predicted octanol–water partition coefficient (Wildman–Crippen LogP) is 3.17. The highest BCUT2D eigenvalue weighted by atomic mass is 16.3. The second-order valence-electron chi connectivity index (χ2n) is 6.72. The van der Waals surface area contributed by atoms with Crippen molar-refractivity contribution in [2.45, 2.75) is 65.9 Å². The average molecular weight is 304 g/mol. The molecule has 1 atom stereocenters. The van der Waals surface area contributed by atoms with Gasteiger partial charge in [-0.3, -0.25) is 4.79 Å². The van der Waals surface area contributed by atoms with Crippen LogP contribution >= 0.6 is 0 Å². The van der Waals surface area contributed by atoms with E-state index in [0.29, 0.717) is 24.0 Å². The standard InChI is InChI=1S/C19H28O3/c1-6-7-8-16-15(3)19(22,11-9-14(2)10-12-20)18(4,5)13-17(16)21/h10,20,22H,6-8,12-13H2,1-5H3/b14-10-. The largest absolute Gasteiger partial charge is 0.392 e. The number of hydrogen-bond acceptors (Lipinski definition) is 3. The summed E-state index contributed by atoms with van der Waals surface area (Å²) in [6.07, 6.45) is 4.56. The maximum Gasteiger partial charge on any atom is 0.159 e. The molecule has 0 amide bonds. The van der Waals surface area contributed by atoms with Gasteiger partial charge in [0, 0.05) is 11.8 Å². The molecule has 0 bridgehead atoms. The molecule has 3 heteroatoms. The van der Waals surface area contributed by atoms with Crippen molar-refractivity contribution in [1.29, 1.82) is 0 Å². The summed E-state index contributed by atoms with van der Waals surface area (Å²) in [5.74, 6) is 6.02. The lowest BCUT2D eigenvalue weighted by atomic mass is 9.62. The average Bonchev–Trinajstić information content (AvgIpc) is 2.43. The number of hydrogen-bond donors (Lipinski definition) is 2. The number of carbonyl (C=O) groups excluding carboxylic acids is 1. The van der Waals surface area contributed by atoms with Gasteiger partial charge in [-0.15, -0.1) is 0 Å². The molecule has 0 aromatic heterocycles. The van der Waals surface area contributed by atoms with Crippen molar-refractivity contribution in [2.75, 3.05) is 6.61 Å². The van der Waals surface area contributed by atoms with Gasteiger partial charge in [0.25, 0.3) is 0 Å². The van der Waals surface area contributed by atoms with E-state index in [1.807, 2.05) is 20.8 Å². The molecular formula is C19H28O3. The maximum absolute atomic E-state index is 12.4. The Bertz CT molecular complexity index is 555. The molecule has 1 aliphatic rings. The van der Waals surface area contributed by atoms with Crippen LogP contribution in [0.2, 0.25) is 0 Å². The van der Waals surface area contributed by atoms with Gasteiger partial charge in [0.2, 0.25) is 0 Å². The predicted molar refractivity (Wildman–Crippen MR) is 89.2 cm³/mol. The Morgan fingerprint density at radius 1 is 1.41 bits per heavy atom. The fraction of sp³-hybridized carbons (Fsp3) is 0.632. The summed E-state index contributed by atoms with van der Waals surface area (Å²) < 4.78 is 0. The number of rotatable bonds is 4. The molecule has 1 rings (SSSR count). The van der Waals surface area contributed by atoms with Gasteiger partial charge < -0.3 is 10.2 Å². The number of unbranched alkanes of at least 4 members (excludes halogenated alkanes) is 1. The van der Waals surface area contributed by atoms with Gasteiger partial charge >= 0.3 is 0 Å². The highest BCUT2D eigenvalue weighted by Gasteiger charge is 2.50. The number of aliphatic hydroxyl groups excluding tert-OH is 1. The van der Waals surface area contributed by atoms with Crippen LogP contribution in [0.4, 0.5) is 0 Å². The Kier molecular flexibility index (Phi) is 6.17. The Labute approximate surface area is 134 Å². The van der Waals surface area contributed by atoms with E-state index in [-0.39, 0.29) is 12.4 Å². The summed E-state index contributed by atoms with van der Waals surface area (Å²) in [6, 6.07) is 0. The molecular weight excluding hydrogens is 276 g/mol. The molecule has 0 aromatic rings.